The standard InChI is InChI=1S/C19H29N3O2/c1-19(2,3)22-18(24)14-8-7-11-16(12-14)20-13-17(23)21-15-9-5-4-6-10-15/h7-8,11-12,15,20H,4-6,9-10,13H2,1-3H3,(H,21,23)(H,22,24). The van der Waals surface area contributed by atoms with Gasteiger partial charge in [0.2, 0.25) is 5.91 Å². The van der Waals surface area contributed by atoms with Crippen molar-refractivity contribution < 1.29 is 9.59 Å². The summed E-state index contributed by atoms with van der Waals surface area (Å²) in [7, 11) is 0. The maximum atomic E-state index is 12.2. The summed E-state index contributed by atoms with van der Waals surface area (Å²) in [5, 5.41) is 9.11. The van der Waals surface area contributed by atoms with Gasteiger partial charge in [0.25, 0.3) is 5.91 Å². The van der Waals surface area contributed by atoms with E-state index in [2.05, 4.69) is 16.0 Å². The van der Waals surface area contributed by atoms with Gasteiger partial charge in [0.15, 0.2) is 0 Å². The molecule has 1 fully saturated rings. The van der Waals surface area contributed by atoms with E-state index < -0.39 is 0 Å². The minimum Gasteiger partial charge on any atom is -0.376 e. The van der Waals surface area contributed by atoms with Crippen molar-refractivity contribution in [1.82, 2.24) is 10.6 Å². The molecule has 3 N–H and O–H groups in total. The summed E-state index contributed by atoms with van der Waals surface area (Å²) in [6, 6.07) is 7.54. The molecule has 0 saturated heterocycles. The molecule has 1 aromatic rings. The van der Waals surface area contributed by atoms with E-state index in [1.807, 2.05) is 32.9 Å². The number of benzene rings is 1. The van der Waals surface area contributed by atoms with E-state index in [0.717, 1.165) is 18.5 Å². The summed E-state index contributed by atoms with van der Waals surface area (Å²) in [6.07, 6.45) is 5.82. The maximum absolute atomic E-state index is 12.2. The van der Waals surface area contributed by atoms with Crippen LogP contribution in [0.2, 0.25) is 0 Å². The van der Waals surface area contributed by atoms with E-state index in [-0.39, 0.29) is 23.9 Å². The highest BCUT2D eigenvalue weighted by Crippen LogP contribution is 2.17. The Kier molecular flexibility index (Phi) is 6.23. The summed E-state index contributed by atoms with van der Waals surface area (Å²) < 4.78 is 0. The lowest BCUT2D eigenvalue weighted by Gasteiger charge is -2.23. The number of nitrogens with one attached hydrogen (secondary N) is 3. The molecule has 1 aliphatic carbocycles. The molecule has 1 aromatic carbocycles. The highest BCUT2D eigenvalue weighted by Gasteiger charge is 2.17. The van der Waals surface area contributed by atoms with Crippen molar-refractivity contribution in [1.29, 1.82) is 0 Å². The highest BCUT2D eigenvalue weighted by atomic mass is 16.2. The van der Waals surface area contributed by atoms with Crippen LogP contribution in [0.4, 0.5) is 5.69 Å². The number of carbonyl (C=O) groups excluding carboxylic acids is 2. The lowest BCUT2D eigenvalue weighted by atomic mass is 9.95. The highest BCUT2D eigenvalue weighted by molar-refractivity contribution is 5.95. The van der Waals surface area contributed by atoms with Crippen LogP contribution >= 0.6 is 0 Å². The van der Waals surface area contributed by atoms with Crippen molar-refractivity contribution in [3.05, 3.63) is 29.8 Å². The first-order chi connectivity index (χ1) is 11.3. The molecule has 132 valence electrons. The van der Waals surface area contributed by atoms with E-state index >= 15 is 0 Å². The molecule has 0 aliphatic heterocycles. The summed E-state index contributed by atoms with van der Waals surface area (Å²) >= 11 is 0. The van der Waals surface area contributed by atoms with E-state index in [1.54, 1.807) is 12.1 Å². The van der Waals surface area contributed by atoms with Crippen LogP contribution in [0.5, 0.6) is 0 Å². The van der Waals surface area contributed by atoms with Gasteiger partial charge in [-0.2, -0.15) is 0 Å². The lowest BCUT2D eigenvalue weighted by molar-refractivity contribution is -0.120. The van der Waals surface area contributed by atoms with Crippen molar-refractivity contribution in [2.75, 3.05) is 11.9 Å². The Hall–Kier alpha value is -2.04. The van der Waals surface area contributed by atoms with Crippen LogP contribution in [0.1, 0.15) is 63.2 Å². The topological polar surface area (TPSA) is 70.2 Å². The Bertz CT molecular complexity index is 572. The molecule has 1 saturated carbocycles. The molecule has 1 aliphatic rings. The summed E-state index contributed by atoms with van der Waals surface area (Å²) in [4.78, 5) is 24.2. The largest absolute Gasteiger partial charge is 0.376 e. The maximum Gasteiger partial charge on any atom is 0.251 e. The molecule has 0 aromatic heterocycles. The quantitative estimate of drug-likeness (QED) is 0.776. The second kappa shape index (κ2) is 8.18. The van der Waals surface area contributed by atoms with Gasteiger partial charge in [0.1, 0.15) is 0 Å². The third-order valence-corrected chi connectivity index (χ3v) is 4.04. The van der Waals surface area contributed by atoms with E-state index in [9.17, 15) is 9.59 Å². The van der Waals surface area contributed by atoms with Crippen molar-refractivity contribution in [3.8, 4) is 0 Å². The molecule has 0 spiro atoms. The molecular weight excluding hydrogens is 302 g/mol. The predicted molar refractivity (Wildman–Crippen MR) is 97.2 cm³/mol. The number of carbonyl (C=O) groups is 2. The normalized spacial score (nSPS) is 15.6. The molecule has 5 heteroatoms. The Morgan fingerprint density at radius 1 is 1.12 bits per heavy atom. The molecule has 0 bridgehead atoms. The third kappa shape index (κ3) is 6.22. The van der Waals surface area contributed by atoms with Gasteiger partial charge in [-0.05, 0) is 51.8 Å². The van der Waals surface area contributed by atoms with Gasteiger partial charge in [0.05, 0.1) is 6.54 Å². The molecule has 0 atom stereocenters. The molecule has 0 unspecified atom stereocenters. The number of amides is 2. The summed E-state index contributed by atoms with van der Waals surface area (Å²) in [5.41, 5.74) is 1.08. The first-order valence-electron chi connectivity index (χ1n) is 8.79. The van der Waals surface area contributed by atoms with Gasteiger partial charge >= 0.3 is 0 Å². The Morgan fingerprint density at radius 3 is 2.50 bits per heavy atom. The number of hydrogen-bond donors (Lipinski definition) is 3. The zero-order valence-electron chi connectivity index (χ0n) is 14.9. The molecule has 2 rings (SSSR count). The third-order valence-electron chi connectivity index (χ3n) is 4.04. The lowest BCUT2D eigenvalue weighted by Crippen LogP contribution is -2.40. The zero-order valence-corrected chi connectivity index (χ0v) is 14.9. The van der Waals surface area contributed by atoms with Gasteiger partial charge in [-0.3, -0.25) is 9.59 Å². The van der Waals surface area contributed by atoms with Gasteiger partial charge in [0, 0.05) is 22.8 Å². The molecule has 5 nitrogen and oxygen atoms in total. The predicted octanol–water partition coefficient (Wildman–Crippen LogP) is 3.08. The molecule has 24 heavy (non-hydrogen) atoms. The Morgan fingerprint density at radius 2 is 1.83 bits per heavy atom. The zero-order chi connectivity index (χ0) is 17.6. The van der Waals surface area contributed by atoms with Gasteiger partial charge in [-0.15, -0.1) is 0 Å². The van der Waals surface area contributed by atoms with Crippen molar-refractivity contribution in [3.63, 3.8) is 0 Å². The van der Waals surface area contributed by atoms with Crippen LogP contribution in [0.25, 0.3) is 0 Å². The van der Waals surface area contributed by atoms with Gasteiger partial charge in [-0.1, -0.05) is 25.3 Å². The smallest absolute Gasteiger partial charge is 0.251 e. The van der Waals surface area contributed by atoms with Crippen LogP contribution in [-0.2, 0) is 4.79 Å². The number of hydrogen-bond acceptors (Lipinski definition) is 3. The SMILES string of the molecule is CC(C)(C)NC(=O)c1cccc(NCC(=O)NC2CCCCC2)c1. The van der Waals surface area contributed by atoms with Crippen LogP contribution < -0.4 is 16.0 Å². The fourth-order valence-corrected chi connectivity index (χ4v) is 2.89. The number of rotatable bonds is 5. The summed E-state index contributed by atoms with van der Waals surface area (Å²) in [5.74, 6) is -0.107. The average Bonchev–Trinajstić information content (AvgIpc) is 2.53. The molecule has 2 amide bonds. The second-order valence-corrected chi connectivity index (χ2v) is 7.54. The monoisotopic (exact) mass is 331 g/mol. The first kappa shape index (κ1) is 18.3. The van der Waals surface area contributed by atoms with Gasteiger partial charge in [-0.25, -0.2) is 0 Å². The Labute approximate surface area is 144 Å². The minimum absolute atomic E-state index is 0.00597. The van der Waals surface area contributed by atoms with Crippen LogP contribution in [-0.4, -0.2) is 29.9 Å². The fourth-order valence-electron chi connectivity index (χ4n) is 2.89. The van der Waals surface area contributed by atoms with Crippen LogP contribution in [0, 0.1) is 0 Å². The average molecular weight is 331 g/mol. The van der Waals surface area contributed by atoms with Crippen LogP contribution in [0.15, 0.2) is 24.3 Å². The minimum atomic E-state index is -0.277. The van der Waals surface area contributed by atoms with E-state index in [4.69, 9.17) is 0 Å². The first-order valence-corrected chi connectivity index (χ1v) is 8.79. The van der Waals surface area contributed by atoms with Gasteiger partial charge < -0.3 is 16.0 Å². The molecule has 0 radical (unpaired) electrons. The Balaban J connectivity index is 1.85. The van der Waals surface area contributed by atoms with Crippen molar-refractivity contribution >= 4 is 17.5 Å². The number of anilines is 1. The van der Waals surface area contributed by atoms with Crippen molar-refractivity contribution in [2.45, 2.75) is 64.5 Å². The fraction of sp³-hybridized carbons (Fsp3) is 0.579. The van der Waals surface area contributed by atoms with E-state index in [1.165, 1.54) is 19.3 Å². The summed E-state index contributed by atoms with van der Waals surface area (Å²) in [6.45, 7) is 6.06. The molecule has 0 heterocycles. The van der Waals surface area contributed by atoms with E-state index in [0.29, 0.717) is 11.6 Å². The van der Waals surface area contributed by atoms with Crippen LogP contribution in [0.3, 0.4) is 0 Å². The second-order valence-electron chi connectivity index (χ2n) is 7.54. The molecular formula is C19H29N3O2. The van der Waals surface area contributed by atoms with Crippen molar-refractivity contribution in [2.24, 2.45) is 0 Å².